The zero-order chi connectivity index (χ0) is 7.56. The molecule has 0 aliphatic heterocycles. The zero-order valence-electron chi connectivity index (χ0n) is 6.59. The van der Waals surface area contributed by atoms with E-state index in [1.54, 1.807) is 11.3 Å². The first-order chi connectivity index (χ1) is 4.68. The highest BCUT2D eigenvalue weighted by Gasteiger charge is 1.98. The predicted molar refractivity (Wildman–Crippen MR) is 44.2 cm³/mol. The Bertz CT molecular complexity index is 205. The van der Waals surface area contributed by atoms with E-state index in [-0.39, 0.29) is 0 Å². The minimum absolute atomic E-state index is 0.957. The standard InChI is InChI=1S/C7H12N2S/c1-6-5-10-7(8-6)4-9(2)3/h5H,4H2,1-3H3. The van der Waals surface area contributed by atoms with Gasteiger partial charge in [-0.2, -0.15) is 0 Å². The van der Waals surface area contributed by atoms with Gasteiger partial charge < -0.3 is 4.90 Å². The van der Waals surface area contributed by atoms with E-state index in [2.05, 4.69) is 29.4 Å². The van der Waals surface area contributed by atoms with Gasteiger partial charge in [0.2, 0.25) is 0 Å². The number of hydrogen-bond acceptors (Lipinski definition) is 3. The Morgan fingerprint density at radius 1 is 1.60 bits per heavy atom. The number of nitrogens with zero attached hydrogens (tertiary/aromatic N) is 2. The average Bonchev–Trinajstić information content (AvgIpc) is 2.13. The maximum atomic E-state index is 4.33. The molecular weight excluding hydrogens is 144 g/mol. The second-order valence-electron chi connectivity index (χ2n) is 2.62. The number of rotatable bonds is 2. The molecule has 0 aliphatic rings. The summed E-state index contributed by atoms with van der Waals surface area (Å²) in [5.74, 6) is 0. The second-order valence-corrected chi connectivity index (χ2v) is 3.56. The fourth-order valence-electron chi connectivity index (χ4n) is 0.746. The van der Waals surface area contributed by atoms with E-state index >= 15 is 0 Å². The van der Waals surface area contributed by atoms with Gasteiger partial charge in [-0.25, -0.2) is 4.98 Å². The Kier molecular flexibility index (Phi) is 2.40. The zero-order valence-corrected chi connectivity index (χ0v) is 7.40. The van der Waals surface area contributed by atoms with Crippen molar-refractivity contribution in [3.05, 3.63) is 16.1 Å². The molecule has 1 rings (SSSR count). The first kappa shape index (κ1) is 7.69. The van der Waals surface area contributed by atoms with Gasteiger partial charge in [-0.05, 0) is 21.0 Å². The van der Waals surface area contributed by atoms with Crippen molar-refractivity contribution in [1.29, 1.82) is 0 Å². The highest BCUT2D eigenvalue weighted by atomic mass is 32.1. The van der Waals surface area contributed by atoms with Crippen LogP contribution in [0.3, 0.4) is 0 Å². The Labute approximate surface area is 65.5 Å². The smallest absolute Gasteiger partial charge is 0.107 e. The van der Waals surface area contributed by atoms with E-state index in [0.29, 0.717) is 0 Å². The minimum atomic E-state index is 0.957. The van der Waals surface area contributed by atoms with E-state index in [1.807, 2.05) is 6.92 Å². The van der Waals surface area contributed by atoms with E-state index < -0.39 is 0 Å². The van der Waals surface area contributed by atoms with E-state index in [9.17, 15) is 0 Å². The van der Waals surface area contributed by atoms with Gasteiger partial charge in [-0.15, -0.1) is 11.3 Å². The van der Waals surface area contributed by atoms with Crippen molar-refractivity contribution in [2.75, 3.05) is 14.1 Å². The summed E-state index contributed by atoms with van der Waals surface area (Å²) in [5.41, 5.74) is 1.13. The third-order valence-electron chi connectivity index (χ3n) is 1.12. The van der Waals surface area contributed by atoms with E-state index in [4.69, 9.17) is 0 Å². The molecule has 0 saturated heterocycles. The molecule has 0 unspecified atom stereocenters. The minimum Gasteiger partial charge on any atom is -0.303 e. The fraction of sp³-hybridized carbons (Fsp3) is 0.571. The molecule has 56 valence electrons. The summed E-state index contributed by atoms with van der Waals surface area (Å²) in [6.07, 6.45) is 0. The highest BCUT2D eigenvalue weighted by Crippen LogP contribution is 2.09. The van der Waals surface area contributed by atoms with Gasteiger partial charge in [0.25, 0.3) is 0 Å². The summed E-state index contributed by atoms with van der Waals surface area (Å²) in [6.45, 7) is 2.98. The van der Waals surface area contributed by atoms with Crippen LogP contribution in [0.25, 0.3) is 0 Å². The van der Waals surface area contributed by atoms with Crippen LogP contribution in [-0.2, 0) is 6.54 Å². The van der Waals surface area contributed by atoms with Gasteiger partial charge in [0.1, 0.15) is 5.01 Å². The first-order valence-corrected chi connectivity index (χ1v) is 4.12. The van der Waals surface area contributed by atoms with Crippen LogP contribution in [0.4, 0.5) is 0 Å². The Balaban J connectivity index is 2.58. The summed E-state index contributed by atoms with van der Waals surface area (Å²) in [7, 11) is 4.10. The molecule has 0 aromatic carbocycles. The summed E-state index contributed by atoms with van der Waals surface area (Å²) in [4.78, 5) is 6.45. The quantitative estimate of drug-likeness (QED) is 0.645. The molecule has 1 aromatic rings. The molecule has 0 spiro atoms. The van der Waals surface area contributed by atoms with Gasteiger partial charge in [0, 0.05) is 17.6 Å². The van der Waals surface area contributed by atoms with Gasteiger partial charge >= 0.3 is 0 Å². The monoisotopic (exact) mass is 156 g/mol. The molecule has 2 nitrogen and oxygen atoms in total. The lowest BCUT2D eigenvalue weighted by atomic mass is 10.5. The fourth-order valence-corrected chi connectivity index (χ4v) is 1.63. The van der Waals surface area contributed by atoms with Gasteiger partial charge in [0.05, 0.1) is 0 Å². The SMILES string of the molecule is Cc1csc(CN(C)C)n1. The van der Waals surface area contributed by atoms with Crippen molar-refractivity contribution in [2.24, 2.45) is 0 Å². The number of hydrogen-bond donors (Lipinski definition) is 0. The van der Waals surface area contributed by atoms with Gasteiger partial charge in [0.15, 0.2) is 0 Å². The number of aromatic nitrogens is 1. The topological polar surface area (TPSA) is 16.1 Å². The number of thiazole rings is 1. The summed E-state index contributed by atoms with van der Waals surface area (Å²) < 4.78 is 0. The molecule has 0 radical (unpaired) electrons. The summed E-state index contributed by atoms with van der Waals surface area (Å²) >= 11 is 1.73. The molecular formula is C7H12N2S. The normalized spacial score (nSPS) is 10.8. The van der Waals surface area contributed by atoms with Crippen LogP contribution in [0.1, 0.15) is 10.7 Å². The lowest BCUT2D eigenvalue weighted by Gasteiger charge is -2.04. The van der Waals surface area contributed by atoms with E-state index in [0.717, 1.165) is 12.2 Å². The van der Waals surface area contributed by atoms with Crippen LogP contribution in [0.5, 0.6) is 0 Å². The van der Waals surface area contributed by atoms with E-state index in [1.165, 1.54) is 5.01 Å². The third kappa shape index (κ3) is 2.08. The van der Waals surface area contributed by atoms with Crippen molar-refractivity contribution >= 4 is 11.3 Å². The van der Waals surface area contributed by atoms with Crippen LogP contribution < -0.4 is 0 Å². The molecule has 10 heavy (non-hydrogen) atoms. The second kappa shape index (κ2) is 3.12. The number of aryl methyl sites for hydroxylation is 1. The van der Waals surface area contributed by atoms with Crippen LogP contribution in [0.2, 0.25) is 0 Å². The highest BCUT2D eigenvalue weighted by molar-refractivity contribution is 7.09. The molecule has 0 N–H and O–H groups in total. The van der Waals surface area contributed by atoms with Crippen LogP contribution >= 0.6 is 11.3 Å². The summed E-state index contributed by atoms with van der Waals surface area (Å²) in [6, 6.07) is 0. The average molecular weight is 156 g/mol. The molecule has 1 heterocycles. The Morgan fingerprint density at radius 3 is 2.70 bits per heavy atom. The first-order valence-electron chi connectivity index (χ1n) is 3.24. The molecule has 3 heteroatoms. The van der Waals surface area contributed by atoms with Gasteiger partial charge in [-0.3, -0.25) is 0 Å². The Hall–Kier alpha value is -0.410. The van der Waals surface area contributed by atoms with Crippen molar-refractivity contribution in [3.8, 4) is 0 Å². The Morgan fingerprint density at radius 2 is 2.30 bits per heavy atom. The van der Waals surface area contributed by atoms with Crippen molar-refractivity contribution < 1.29 is 0 Å². The van der Waals surface area contributed by atoms with Crippen molar-refractivity contribution in [2.45, 2.75) is 13.5 Å². The molecule has 0 bridgehead atoms. The van der Waals surface area contributed by atoms with Crippen molar-refractivity contribution in [1.82, 2.24) is 9.88 Å². The van der Waals surface area contributed by atoms with Gasteiger partial charge in [-0.1, -0.05) is 0 Å². The van der Waals surface area contributed by atoms with Crippen molar-refractivity contribution in [3.63, 3.8) is 0 Å². The van der Waals surface area contributed by atoms with Crippen LogP contribution in [-0.4, -0.2) is 24.0 Å². The molecule has 0 atom stereocenters. The third-order valence-corrected chi connectivity index (χ3v) is 2.07. The largest absolute Gasteiger partial charge is 0.303 e. The maximum Gasteiger partial charge on any atom is 0.107 e. The van der Waals surface area contributed by atoms with Crippen LogP contribution in [0, 0.1) is 6.92 Å². The van der Waals surface area contributed by atoms with Crippen LogP contribution in [0.15, 0.2) is 5.38 Å². The lowest BCUT2D eigenvalue weighted by Crippen LogP contribution is -2.10. The molecule has 0 saturated carbocycles. The molecule has 1 aromatic heterocycles. The maximum absolute atomic E-state index is 4.33. The molecule has 0 aliphatic carbocycles. The summed E-state index contributed by atoms with van der Waals surface area (Å²) in [5, 5.41) is 3.28. The molecule has 0 fully saturated rings. The molecule has 0 amide bonds. The predicted octanol–water partition coefficient (Wildman–Crippen LogP) is 1.51. The lowest BCUT2D eigenvalue weighted by molar-refractivity contribution is 0.401.